The zero-order chi connectivity index (χ0) is 19.4. The lowest BCUT2D eigenvalue weighted by Crippen LogP contribution is -2.11. The van der Waals surface area contributed by atoms with E-state index < -0.39 is 0 Å². The van der Waals surface area contributed by atoms with Crippen molar-refractivity contribution in [2.45, 2.75) is 13.3 Å². The van der Waals surface area contributed by atoms with Crippen molar-refractivity contribution in [1.29, 1.82) is 0 Å². The van der Waals surface area contributed by atoms with Gasteiger partial charge in [0.05, 0.1) is 16.9 Å². The van der Waals surface area contributed by atoms with Gasteiger partial charge >= 0.3 is 0 Å². The monoisotopic (exact) mass is 374 g/mol. The first-order valence-corrected chi connectivity index (χ1v) is 10.3. The molecule has 0 radical (unpaired) electrons. The maximum Gasteiger partial charge on any atom is 0.0557 e. The van der Waals surface area contributed by atoms with Crippen LogP contribution in [0.2, 0.25) is 0 Å². The maximum atomic E-state index is 3.77. The lowest BCUT2D eigenvalue weighted by Gasteiger charge is -2.27. The van der Waals surface area contributed by atoms with Crippen LogP contribution in [0.4, 0.5) is 17.1 Å². The van der Waals surface area contributed by atoms with E-state index in [1.807, 2.05) is 0 Å². The van der Waals surface area contributed by atoms with Crippen LogP contribution >= 0.6 is 0 Å². The van der Waals surface area contributed by atoms with Crippen molar-refractivity contribution in [2.24, 2.45) is 5.92 Å². The Morgan fingerprint density at radius 1 is 0.793 bits per heavy atom. The van der Waals surface area contributed by atoms with E-state index in [-0.39, 0.29) is 0 Å². The highest BCUT2D eigenvalue weighted by Gasteiger charge is 2.24. The second-order valence-electron chi connectivity index (χ2n) is 8.04. The number of benzene rings is 3. The van der Waals surface area contributed by atoms with Crippen molar-refractivity contribution in [2.75, 3.05) is 4.90 Å². The molecule has 1 aliphatic heterocycles. The summed E-state index contributed by atoms with van der Waals surface area (Å²) in [6.45, 7) is 2.28. The number of nitrogens with zero attached hydrogens (tertiary/aromatic N) is 1. The number of nitrogens with one attached hydrogen (secondary N) is 1. The van der Waals surface area contributed by atoms with Crippen LogP contribution in [0.5, 0.6) is 0 Å². The van der Waals surface area contributed by atoms with Crippen LogP contribution in [0.1, 0.15) is 29.3 Å². The Kier molecular flexibility index (Phi) is 3.54. The molecule has 0 amide bonds. The molecule has 2 nitrogen and oxygen atoms in total. The molecule has 6 rings (SSSR count). The van der Waals surface area contributed by atoms with Gasteiger partial charge < -0.3 is 9.88 Å². The second kappa shape index (κ2) is 6.25. The first-order chi connectivity index (χ1) is 14.3. The lowest BCUT2D eigenvalue weighted by atomic mass is 9.94. The van der Waals surface area contributed by atoms with Crippen LogP contribution in [-0.2, 0) is 6.42 Å². The van der Waals surface area contributed by atoms with Gasteiger partial charge in [0.25, 0.3) is 0 Å². The molecule has 140 valence electrons. The van der Waals surface area contributed by atoms with Gasteiger partial charge in [0.1, 0.15) is 0 Å². The summed E-state index contributed by atoms with van der Waals surface area (Å²) in [5.41, 5.74) is 10.00. The summed E-state index contributed by atoms with van der Waals surface area (Å²) in [5.74, 6) is 0.579. The average Bonchev–Trinajstić information content (AvgIpc) is 3.02. The summed E-state index contributed by atoms with van der Waals surface area (Å²) in [6, 6.07) is 23.8. The molecule has 4 aromatic rings. The molecular weight excluding hydrogens is 352 g/mol. The van der Waals surface area contributed by atoms with Gasteiger partial charge in [-0.05, 0) is 42.2 Å². The molecule has 29 heavy (non-hydrogen) atoms. The van der Waals surface area contributed by atoms with Gasteiger partial charge in [-0.3, -0.25) is 0 Å². The fourth-order valence-corrected chi connectivity index (χ4v) is 4.70. The summed E-state index contributed by atoms with van der Waals surface area (Å²) in [6.07, 6.45) is 10.2. The van der Waals surface area contributed by atoms with E-state index >= 15 is 0 Å². The number of aromatic amines is 1. The van der Waals surface area contributed by atoms with Gasteiger partial charge in [-0.1, -0.05) is 73.7 Å². The van der Waals surface area contributed by atoms with E-state index in [4.69, 9.17) is 0 Å². The van der Waals surface area contributed by atoms with Crippen molar-refractivity contribution in [3.8, 4) is 0 Å². The Labute approximate surface area is 170 Å². The molecule has 2 heteroatoms. The summed E-state index contributed by atoms with van der Waals surface area (Å²) >= 11 is 0. The normalized spacial score (nSPS) is 17.0. The third kappa shape index (κ3) is 2.49. The molecule has 0 spiro atoms. The number of para-hydroxylation sites is 2. The Balaban J connectivity index is 1.66. The zero-order valence-corrected chi connectivity index (χ0v) is 16.4. The molecule has 0 saturated carbocycles. The highest BCUT2D eigenvalue weighted by atomic mass is 15.1. The standard InChI is InChI=1S/C27H22N2/c1-18-11-13-21-22-15-16-26-23(27(22)28-24(21)17-18)14-12-19-7-5-6-10-25(19)29(26)20-8-3-2-4-9-20/h2-16,18,28H,17H2,1H3. The minimum atomic E-state index is 0.579. The van der Waals surface area contributed by atoms with E-state index in [0.29, 0.717) is 5.92 Å². The first kappa shape index (κ1) is 16.4. The van der Waals surface area contributed by atoms with Crippen molar-refractivity contribution in [3.63, 3.8) is 0 Å². The zero-order valence-electron chi connectivity index (χ0n) is 16.4. The number of hydrogen-bond acceptors (Lipinski definition) is 1. The van der Waals surface area contributed by atoms with Gasteiger partial charge in [-0.15, -0.1) is 0 Å². The number of allylic oxidation sites excluding steroid dienone is 1. The second-order valence-corrected chi connectivity index (χ2v) is 8.04. The van der Waals surface area contributed by atoms with Crippen LogP contribution in [0.3, 0.4) is 0 Å². The average molecular weight is 374 g/mol. The molecule has 2 aliphatic rings. The molecule has 1 aromatic heterocycles. The SMILES string of the molecule is CC1C=Cc2c([nH]c3c4c(ccc23)N(c2ccccc2)c2ccccc2C=C4)C1. The molecule has 3 aromatic carbocycles. The van der Waals surface area contributed by atoms with Crippen molar-refractivity contribution < 1.29 is 0 Å². The molecule has 2 heterocycles. The van der Waals surface area contributed by atoms with Gasteiger partial charge in [-0.25, -0.2) is 0 Å². The molecule has 0 fully saturated rings. The van der Waals surface area contributed by atoms with Crippen LogP contribution in [0, 0.1) is 5.92 Å². The van der Waals surface area contributed by atoms with E-state index in [9.17, 15) is 0 Å². The number of rotatable bonds is 1. The first-order valence-electron chi connectivity index (χ1n) is 10.3. The highest BCUT2D eigenvalue weighted by Crippen LogP contribution is 2.45. The van der Waals surface area contributed by atoms with E-state index in [1.54, 1.807) is 0 Å². The van der Waals surface area contributed by atoms with Crippen LogP contribution in [0.25, 0.3) is 29.1 Å². The van der Waals surface area contributed by atoms with Crippen LogP contribution in [0.15, 0.2) is 72.8 Å². The molecule has 1 aliphatic carbocycles. The number of anilines is 3. The fraction of sp³-hybridized carbons (Fsp3) is 0.111. The largest absolute Gasteiger partial charge is 0.357 e. The van der Waals surface area contributed by atoms with Gasteiger partial charge in [0.2, 0.25) is 0 Å². The Morgan fingerprint density at radius 2 is 1.62 bits per heavy atom. The molecule has 0 bridgehead atoms. The predicted octanol–water partition coefficient (Wildman–Crippen LogP) is 7.33. The molecular formula is C27H22N2. The van der Waals surface area contributed by atoms with Crippen molar-refractivity contribution in [3.05, 3.63) is 95.2 Å². The fourth-order valence-electron chi connectivity index (χ4n) is 4.70. The van der Waals surface area contributed by atoms with Crippen molar-refractivity contribution >= 4 is 46.2 Å². The number of hydrogen-bond donors (Lipinski definition) is 1. The quantitative estimate of drug-likeness (QED) is 0.325. The van der Waals surface area contributed by atoms with E-state index in [2.05, 4.69) is 108 Å². The third-order valence-electron chi connectivity index (χ3n) is 6.09. The lowest BCUT2D eigenvalue weighted by molar-refractivity contribution is 0.705. The highest BCUT2D eigenvalue weighted by molar-refractivity contribution is 6.05. The number of H-pyrrole nitrogens is 1. The Hall–Kier alpha value is -3.52. The topological polar surface area (TPSA) is 19.0 Å². The summed E-state index contributed by atoms with van der Waals surface area (Å²) < 4.78 is 0. The van der Waals surface area contributed by atoms with E-state index in [1.165, 1.54) is 50.3 Å². The van der Waals surface area contributed by atoms with Crippen LogP contribution < -0.4 is 4.90 Å². The van der Waals surface area contributed by atoms with Gasteiger partial charge in [0.15, 0.2) is 0 Å². The Bertz CT molecular complexity index is 1290. The molecule has 1 N–H and O–H groups in total. The Morgan fingerprint density at radius 3 is 2.52 bits per heavy atom. The van der Waals surface area contributed by atoms with Gasteiger partial charge in [0, 0.05) is 27.9 Å². The van der Waals surface area contributed by atoms with Crippen molar-refractivity contribution in [1.82, 2.24) is 4.98 Å². The van der Waals surface area contributed by atoms with E-state index in [0.717, 1.165) is 6.42 Å². The maximum absolute atomic E-state index is 3.77. The molecule has 1 atom stereocenters. The number of fused-ring (bicyclic) bond motifs is 6. The van der Waals surface area contributed by atoms with Gasteiger partial charge in [-0.2, -0.15) is 0 Å². The molecule has 1 unspecified atom stereocenters. The molecule has 0 saturated heterocycles. The minimum Gasteiger partial charge on any atom is -0.357 e. The summed E-state index contributed by atoms with van der Waals surface area (Å²) in [7, 11) is 0. The number of aromatic nitrogens is 1. The predicted molar refractivity (Wildman–Crippen MR) is 124 cm³/mol. The minimum absolute atomic E-state index is 0.579. The van der Waals surface area contributed by atoms with Crippen LogP contribution in [-0.4, -0.2) is 4.98 Å². The smallest absolute Gasteiger partial charge is 0.0557 e. The summed E-state index contributed by atoms with van der Waals surface area (Å²) in [4.78, 5) is 6.15. The summed E-state index contributed by atoms with van der Waals surface area (Å²) in [5, 5.41) is 1.31. The third-order valence-corrected chi connectivity index (χ3v) is 6.09.